The van der Waals surface area contributed by atoms with Gasteiger partial charge in [-0.1, -0.05) is 18.2 Å². The van der Waals surface area contributed by atoms with Gasteiger partial charge in [0, 0.05) is 49.7 Å². The van der Waals surface area contributed by atoms with Crippen molar-refractivity contribution in [2.45, 2.75) is 13.1 Å². The minimum Gasteiger partial charge on any atom is -0.346 e. The summed E-state index contributed by atoms with van der Waals surface area (Å²) in [6, 6.07) is 12.2. The van der Waals surface area contributed by atoms with E-state index in [9.17, 15) is 9.59 Å². The fourth-order valence-electron chi connectivity index (χ4n) is 3.47. The molecule has 0 aliphatic carbocycles. The number of aromatic nitrogens is 2. The van der Waals surface area contributed by atoms with Gasteiger partial charge in [-0.3, -0.25) is 9.59 Å². The predicted octanol–water partition coefficient (Wildman–Crippen LogP) is 2.29. The Hall–Kier alpha value is -3.45. The molecule has 1 aliphatic rings. The quantitative estimate of drug-likeness (QED) is 0.671. The number of carbonyl (C=O) groups is 2. The predicted molar refractivity (Wildman–Crippen MR) is 113 cm³/mol. The van der Waals surface area contributed by atoms with Gasteiger partial charge in [0.15, 0.2) is 0 Å². The minimum absolute atomic E-state index is 0.0865. The van der Waals surface area contributed by atoms with E-state index in [0.29, 0.717) is 18.9 Å². The zero-order chi connectivity index (χ0) is 20.4. The van der Waals surface area contributed by atoms with Crippen molar-refractivity contribution in [3.05, 3.63) is 65.5 Å². The van der Waals surface area contributed by atoms with E-state index in [1.807, 2.05) is 25.2 Å². The molecule has 0 radical (unpaired) electrons. The monoisotopic (exact) mass is 389 g/mol. The van der Waals surface area contributed by atoms with Crippen LogP contribution in [0.5, 0.6) is 0 Å². The second-order valence-electron chi connectivity index (χ2n) is 7.21. The Kier molecular flexibility index (Phi) is 5.14. The van der Waals surface area contributed by atoms with E-state index in [-0.39, 0.29) is 18.4 Å². The van der Waals surface area contributed by atoms with E-state index < -0.39 is 0 Å². The van der Waals surface area contributed by atoms with Crippen molar-refractivity contribution in [1.82, 2.24) is 19.8 Å². The fraction of sp³-hybridized carbons (Fsp3) is 0.227. The summed E-state index contributed by atoms with van der Waals surface area (Å²) in [5.41, 5.74) is 3.93. The minimum atomic E-state index is -0.107. The van der Waals surface area contributed by atoms with Crippen LogP contribution in [0, 0.1) is 0 Å². The van der Waals surface area contributed by atoms with Crippen LogP contribution in [0.15, 0.2) is 48.7 Å². The van der Waals surface area contributed by atoms with E-state index in [1.54, 1.807) is 30.3 Å². The molecule has 2 amide bonds. The van der Waals surface area contributed by atoms with Crippen LogP contribution in [-0.2, 0) is 29.7 Å². The number of hydrogen-bond acceptors (Lipinski definition) is 4. The molecule has 1 aromatic carbocycles. The van der Waals surface area contributed by atoms with Gasteiger partial charge in [-0.25, -0.2) is 4.98 Å². The molecule has 0 unspecified atom stereocenters. The summed E-state index contributed by atoms with van der Waals surface area (Å²) < 4.78 is 2.11. The van der Waals surface area contributed by atoms with Crippen molar-refractivity contribution < 1.29 is 9.59 Å². The molecule has 0 saturated heterocycles. The third-order valence-corrected chi connectivity index (χ3v) is 5.09. The lowest BCUT2D eigenvalue weighted by Crippen LogP contribution is -2.25. The summed E-state index contributed by atoms with van der Waals surface area (Å²) >= 11 is 0. The largest absolute Gasteiger partial charge is 0.346 e. The average Bonchev–Trinajstić information content (AvgIpc) is 2.90. The molecular weight excluding hydrogens is 366 g/mol. The van der Waals surface area contributed by atoms with Crippen LogP contribution in [0.4, 0.5) is 5.82 Å². The molecule has 2 N–H and O–H groups in total. The molecule has 2 aromatic heterocycles. The van der Waals surface area contributed by atoms with Crippen molar-refractivity contribution in [3.63, 3.8) is 0 Å². The molecule has 148 valence electrons. The first-order chi connectivity index (χ1) is 14.0. The number of carbonyl (C=O) groups excluding carboxylic acids is 2. The van der Waals surface area contributed by atoms with Gasteiger partial charge in [0.25, 0.3) is 0 Å². The summed E-state index contributed by atoms with van der Waals surface area (Å²) in [6.07, 6.45) is 4.95. The zero-order valence-electron chi connectivity index (χ0n) is 16.5. The summed E-state index contributed by atoms with van der Waals surface area (Å²) in [4.78, 5) is 30.1. The van der Waals surface area contributed by atoms with Gasteiger partial charge in [-0.05, 0) is 35.2 Å². The number of anilines is 1. The molecule has 7 heteroatoms. The van der Waals surface area contributed by atoms with Crippen molar-refractivity contribution in [2.75, 3.05) is 18.9 Å². The molecule has 4 rings (SSSR count). The van der Waals surface area contributed by atoms with E-state index in [2.05, 4.69) is 38.4 Å². The smallest absolute Gasteiger partial charge is 0.246 e. The molecule has 0 saturated carbocycles. The standard InChI is InChI=1S/C22H23N5O2/c1-26(14-18-10-16-5-3-4-6-19(16)27(18)2)21(29)8-7-15-9-17-12-23-13-20(28)25-22(17)24-11-15/h3-11,23H,12-14H2,1-2H3,(H,24,25,28). The topological polar surface area (TPSA) is 79.3 Å². The van der Waals surface area contributed by atoms with Gasteiger partial charge >= 0.3 is 0 Å². The highest BCUT2D eigenvalue weighted by Gasteiger charge is 2.14. The third kappa shape index (κ3) is 4.05. The number of amides is 2. The first-order valence-electron chi connectivity index (χ1n) is 9.47. The normalized spacial score (nSPS) is 13.9. The van der Waals surface area contributed by atoms with E-state index in [0.717, 1.165) is 27.7 Å². The number of para-hydroxylation sites is 1. The van der Waals surface area contributed by atoms with Crippen LogP contribution in [0.3, 0.4) is 0 Å². The van der Waals surface area contributed by atoms with Crippen LogP contribution in [0.25, 0.3) is 17.0 Å². The highest BCUT2D eigenvalue weighted by molar-refractivity contribution is 5.93. The molecule has 7 nitrogen and oxygen atoms in total. The number of pyridine rings is 1. The second-order valence-corrected chi connectivity index (χ2v) is 7.21. The van der Waals surface area contributed by atoms with Crippen molar-refractivity contribution >= 4 is 34.6 Å². The third-order valence-electron chi connectivity index (χ3n) is 5.09. The van der Waals surface area contributed by atoms with Gasteiger partial charge in [0.2, 0.25) is 11.8 Å². The number of hydrogen-bond donors (Lipinski definition) is 2. The number of benzene rings is 1. The summed E-state index contributed by atoms with van der Waals surface area (Å²) in [6.45, 7) is 1.34. The van der Waals surface area contributed by atoms with Gasteiger partial charge in [-0.15, -0.1) is 0 Å². The van der Waals surface area contributed by atoms with Gasteiger partial charge < -0.3 is 20.1 Å². The van der Waals surface area contributed by atoms with E-state index in [1.165, 1.54) is 0 Å². The lowest BCUT2D eigenvalue weighted by atomic mass is 10.1. The van der Waals surface area contributed by atoms with E-state index >= 15 is 0 Å². The van der Waals surface area contributed by atoms with Crippen LogP contribution in [0.2, 0.25) is 0 Å². The molecule has 3 aromatic rings. The van der Waals surface area contributed by atoms with Crippen LogP contribution in [0.1, 0.15) is 16.8 Å². The summed E-state index contributed by atoms with van der Waals surface area (Å²) in [7, 11) is 3.80. The molecule has 0 bridgehead atoms. The lowest BCUT2D eigenvalue weighted by Gasteiger charge is -2.16. The Morgan fingerprint density at radius 2 is 2.10 bits per heavy atom. The van der Waals surface area contributed by atoms with Crippen LogP contribution in [-0.4, -0.2) is 39.9 Å². The van der Waals surface area contributed by atoms with Gasteiger partial charge in [0.1, 0.15) is 5.82 Å². The Labute approximate surface area is 169 Å². The molecular formula is C22H23N5O2. The molecule has 29 heavy (non-hydrogen) atoms. The Balaban J connectivity index is 1.45. The Bertz CT molecular complexity index is 1120. The van der Waals surface area contributed by atoms with Crippen molar-refractivity contribution in [3.8, 4) is 0 Å². The fourth-order valence-corrected chi connectivity index (χ4v) is 3.47. The first kappa shape index (κ1) is 18.9. The molecule has 0 fully saturated rings. The SMILES string of the molecule is CN(Cc1cc2ccccc2n1C)C(=O)C=Cc1cnc2c(c1)CNCC(=O)N2. The van der Waals surface area contributed by atoms with Crippen LogP contribution >= 0.6 is 0 Å². The van der Waals surface area contributed by atoms with Gasteiger partial charge in [-0.2, -0.15) is 0 Å². The maximum Gasteiger partial charge on any atom is 0.246 e. The lowest BCUT2D eigenvalue weighted by molar-refractivity contribution is -0.125. The maximum atomic E-state index is 12.6. The Morgan fingerprint density at radius 3 is 2.93 bits per heavy atom. The first-order valence-corrected chi connectivity index (χ1v) is 9.47. The molecule has 0 spiro atoms. The highest BCUT2D eigenvalue weighted by Crippen LogP contribution is 2.20. The van der Waals surface area contributed by atoms with Crippen LogP contribution < -0.4 is 10.6 Å². The number of nitrogens with zero attached hydrogens (tertiary/aromatic N) is 3. The van der Waals surface area contributed by atoms with E-state index in [4.69, 9.17) is 0 Å². The maximum absolute atomic E-state index is 12.6. The number of likely N-dealkylation sites (N-methyl/N-ethyl adjacent to an activating group) is 1. The molecule has 3 heterocycles. The molecule has 1 aliphatic heterocycles. The van der Waals surface area contributed by atoms with Crippen molar-refractivity contribution in [2.24, 2.45) is 7.05 Å². The summed E-state index contributed by atoms with van der Waals surface area (Å²) in [5, 5.41) is 6.98. The number of nitrogens with one attached hydrogen (secondary N) is 2. The van der Waals surface area contributed by atoms with Crippen molar-refractivity contribution in [1.29, 1.82) is 0 Å². The summed E-state index contributed by atoms with van der Waals surface area (Å²) in [5.74, 6) is 0.373. The molecule has 0 atom stereocenters. The highest BCUT2D eigenvalue weighted by atomic mass is 16.2. The number of rotatable bonds is 4. The Morgan fingerprint density at radius 1 is 1.28 bits per heavy atom. The zero-order valence-corrected chi connectivity index (χ0v) is 16.5. The number of aryl methyl sites for hydroxylation is 1. The van der Waals surface area contributed by atoms with Gasteiger partial charge in [0.05, 0.1) is 13.1 Å². The number of fused-ring (bicyclic) bond motifs is 2. The average molecular weight is 389 g/mol. The second kappa shape index (κ2) is 7.89.